The zero-order valence-corrected chi connectivity index (χ0v) is 8.32. The van der Waals surface area contributed by atoms with Gasteiger partial charge in [-0.1, -0.05) is 0 Å². The average molecular weight is 210 g/mol. The third-order valence-electron chi connectivity index (χ3n) is 2.58. The Labute approximate surface area is 87.5 Å². The predicted octanol–water partition coefficient (Wildman–Crippen LogP) is -0.266. The Morgan fingerprint density at radius 2 is 2.60 bits per heavy atom. The lowest BCUT2D eigenvalue weighted by molar-refractivity contribution is 0.0561. The van der Waals surface area contributed by atoms with E-state index in [4.69, 9.17) is 4.42 Å². The largest absolute Gasteiger partial charge is 0.472 e. The number of amides is 1. The van der Waals surface area contributed by atoms with Crippen LogP contribution in [0, 0.1) is 0 Å². The van der Waals surface area contributed by atoms with Gasteiger partial charge in [0.2, 0.25) is 0 Å². The Kier molecular flexibility index (Phi) is 2.75. The van der Waals surface area contributed by atoms with Gasteiger partial charge < -0.3 is 20.2 Å². The van der Waals surface area contributed by atoms with Crippen molar-refractivity contribution in [2.75, 3.05) is 19.6 Å². The molecule has 0 bridgehead atoms. The molecule has 0 aromatic carbocycles. The van der Waals surface area contributed by atoms with Crippen molar-refractivity contribution < 1.29 is 14.3 Å². The monoisotopic (exact) mass is 210 g/mol. The summed E-state index contributed by atoms with van der Waals surface area (Å²) in [6.45, 7) is 1.58. The van der Waals surface area contributed by atoms with Crippen molar-refractivity contribution in [3.63, 3.8) is 0 Å². The van der Waals surface area contributed by atoms with Crippen LogP contribution in [0.4, 0.5) is 0 Å². The van der Waals surface area contributed by atoms with E-state index in [2.05, 4.69) is 10.6 Å². The Balaban J connectivity index is 1.85. The van der Waals surface area contributed by atoms with Crippen LogP contribution >= 0.6 is 0 Å². The summed E-state index contributed by atoms with van der Waals surface area (Å²) < 4.78 is 4.80. The minimum atomic E-state index is -0.806. The average Bonchev–Trinajstić information content (AvgIpc) is 2.85. The van der Waals surface area contributed by atoms with Gasteiger partial charge in [-0.05, 0) is 19.0 Å². The number of hydrogen-bond acceptors (Lipinski definition) is 4. The zero-order chi connectivity index (χ0) is 10.7. The Hall–Kier alpha value is -1.33. The Morgan fingerprint density at radius 1 is 1.73 bits per heavy atom. The molecule has 3 N–H and O–H groups in total. The summed E-state index contributed by atoms with van der Waals surface area (Å²) in [7, 11) is 0. The van der Waals surface area contributed by atoms with Crippen molar-refractivity contribution in [2.45, 2.75) is 12.0 Å². The minimum Gasteiger partial charge on any atom is -0.472 e. The van der Waals surface area contributed by atoms with Gasteiger partial charge in [0.15, 0.2) is 0 Å². The third-order valence-corrected chi connectivity index (χ3v) is 2.58. The van der Waals surface area contributed by atoms with Crippen LogP contribution in [-0.4, -0.2) is 36.2 Å². The van der Waals surface area contributed by atoms with E-state index < -0.39 is 5.60 Å². The summed E-state index contributed by atoms with van der Waals surface area (Å²) in [5.41, 5.74) is -0.330. The van der Waals surface area contributed by atoms with E-state index >= 15 is 0 Å². The standard InChI is InChI=1S/C10H14N2O3/c13-9(8-1-4-15-5-8)12-7-10(14)2-3-11-6-10/h1,4-5,11,14H,2-3,6-7H2,(H,12,13). The van der Waals surface area contributed by atoms with E-state index in [-0.39, 0.29) is 12.5 Å². The van der Waals surface area contributed by atoms with E-state index in [1.54, 1.807) is 6.07 Å². The molecular formula is C10H14N2O3. The van der Waals surface area contributed by atoms with Crippen LogP contribution < -0.4 is 10.6 Å². The van der Waals surface area contributed by atoms with E-state index in [0.29, 0.717) is 18.5 Å². The van der Waals surface area contributed by atoms with Crippen molar-refractivity contribution in [3.8, 4) is 0 Å². The molecule has 1 aliphatic rings. The smallest absolute Gasteiger partial charge is 0.254 e. The zero-order valence-electron chi connectivity index (χ0n) is 8.32. The Bertz CT molecular complexity index is 328. The summed E-state index contributed by atoms with van der Waals surface area (Å²) >= 11 is 0. The number of rotatable bonds is 3. The highest BCUT2D eigenvalue weighted by atomic mass is 16.3. The first kappa shape index (κ1) is 10.2. The maximum atomic E-state index is 11.5. The number of aliphatic hydroxyl groups is 1. The molecule has 2 heterocycles. The van der Waals surface area contributed by atoms with Crippen molar-refractivity contribution in [2.24, 2.45) is 0 Å². The second kappa shape index (κ2) is 4.04. The van der Waals surface area contributed by atoms with Gasteiger partial charge in [0, 0.05) is 13.1 Å². The van der Waals surface area contributed by atoms with Gasteiger partial charge in [0.1, 0.15) is 6.26 Å². The number of nitrogens with one attached hydrogen (secondary N) is 2. The molecule has 1 unspecified atom stereocenters. The molecule has 1 aliphatic heterocycles. The second-order valence-corrected chi connectivity index (χ2v) is 3.85. The van der Waals surface area contributed by atoms with Gasteiger partial charge in [-0.3, -0.25) is 4.79 Å². The van der Waals surface area contributed by atoms with Crippen LogP contribution in [0.2, 0.25) is 0 Å². The fourth-order valence-corrected chi connectivity index (χ4v) is 1.62. The van der Waals surface area contributed by atoms with Crippen molar-refractivity contribution in [1.29, 1.82) is 0 Å². The molecule has 2 rings (SSSR count). The topological polar surface area (TPSA) is 74.5 Å². The highest BCUT2D eigenvalue weighted by molar-refractivity contribution is 5.93. The fourth-order valence-electron chi connectivity index (χ4n) is 1.62. The van der Waals surface area contributed by atoms with Crippen molar-refractivity contribution in [1.82, 2.24) is 10.6 Å². The number of carbonyl (C=O) groups excluding carboxylic acids is 1. The number of hydrogen-bond donors (Lipinski definition) is 3. The van der Waals surface area contributed by atoms with Gasteiger partial charge in [0.25, 0.3) is 5.91 Å². The lowest BCUT2D eigenvalue weighted by atomic mass is 10.0. The normalized spacial score (nSPS) is 25.4. The van der Waals surface area contributed by atoms with E-state index in [1.165, 1.54) is 12.5 Å². The summed E-state index contributed by atoms with van der Waals surface area (Å²) in [5, 5.41) is 15.7. The minimum absolute atomic E-state index is 0.218. The predicted molar refractivity (Wildman–Crippen MR) is 53.5 cm³/mol. The second-order valence-electron chi connectivity index (χ2n) is 3.85. The van der Waals surface area contributed by atoms with Crippen molar-refractivity contribution in [3.05, 3.63) is 24.2 Å². The molecule has 1 aromatic rings. The highest BCUT2D eigenvalue weighted by Gasteiger charge is 2.31. The maximum Gasteiger partial charge on any atom is 0.254 e. The van der Waals surface area contributed by atoms with Crippen LogP contribution in [0.15, 0.2) is 23.0 Å². The van der Waals surface area contributed by atoms with Crippen LogP contribution in [0.5, 0.6) is 0 Å². The van der Waals surface area contributed by atoms with Crippen LogP contribution in [0.25, 0.3) is 0 Å². The molecular weight excluding hydrogens is 196 g/mol. The molecule has 82 valence electrons. The molecule has 0 spiro atoms. The van der Waals surface area contributed by atoms with Gasteiger partial charge in [-0.2, -0.15) is 0 Å². The molecule has 1 atom stereocenters. The van der Waals surface area contributed by atoms with Crippen LogP contribution in [-0.2, 0) is 0 Å². The first-order valence-corrected chi connectivity index (χ1v) is 4.93. The summed E-state index contributed by atoms with van der Waals surface area (Å²) in [6, 6.07) is 1.59. The molecule has 0 saturated carbocycles. The van der Waals surface area contributed by atoms with E-state index in [9.17, 15) is 9.90 Å². The lowest BCUT2D eigenvalue weighted by Crippen LogP contribution is -2.44. The SMILES string of the molecule is O=C(NCC1(O)CCNC1)c1ccoc1. The summed E-state index contributed by atoms with van der Waals surface area (Å²) in [5.74, 6) is -0.218. The Morgan fingerprint density at radius 3 is 3.20 bits per heavy atom. The molecule has 0 radical (unpaired) electrons. The molecule has 5 heteroatoms. The maximum absolute atomic E-state index is 11.5. The fraction of sp³-hybridized carbons (Fsp3) is 0.500. The summed E-state index contributed by atoms with van der Waals surface area (Å²) in [4.78, 5) is 11.5. The molecule has 1 amide bonds. The summed E-state index contributed by atoms with van der Waals surface area (Å²) in [6.07, 6.45) is 3.49. The van der Waals surface area contributed by atoms with Crippen LogP contribution in [0.1, 0.15) is 16.8 Å². The first-order chi connectivity index (χ1) is 7.20. The molecule has 1 aromatic heterocycles. The van der Waals surface area contributed by atoms with E-state index in [0.717, 1.165) is 6.54 Å². The molecule has 1 saturated heterocycles. The molecule has 15 heavy (non-hydrogen) atoms. The number of furan rings is 1. The lowest BCUT2D eigenvalue weighted by Gasteiger charge is -2.21. The molecule has 1 fully saturated rings. The van der Waals surface area contributed by atoms with Crippen molar-refractivity contribution >= 4 is 5.91 Å². The molecule has 5 nitrogen and oxygen atoms in total. The van der Waals surface area contributed by atoms with Gasteiger partial charge in [-0.15, -0.1) is 0 Å². The van der Waals surface area contributed by atoms with Gasteiger partial charge >= 0.3 is 0 Å². The van der Waals surface area contributed by atoms with Gasteiger partial charge in [0.05, 0.1) is 17.4 Å². The van der Waals surface area contributed by atoms with Crippen LogP contribution in [0.3, 0.4) is 0 Å². The van der Waals surface area contributed by atoms with E-state index in [1.807, 2.05) is 0 Å². The number of carbonyl (C=O) groups is 1. The first-order valence-electron chi connectivity index (χ1n) is 4.93. The quantitative estimate of drug-likeness (QED) is 0.642. The van der Waals surface area contributed by atoms with Gasteiger partial charge in [-0.25, -0.2) is 0 Å². The third kappa shape index (κ3) is 2.37. The molecule has 0 aliphatic carbocycles. The number of β-amino-alcohol motifs (C(OH)–C–C–N with tert-alkyl or cyclic N) is 1. The highest BCUT2D eigenvalue weighted by Crippen LogP contribution is 2.12.